The lowest BCUT2D eigenvalue weighted by Crippen LogP contribution is -2.42. The Kier molecular flexibility index (Phi) is 5.65. The second kappa shape index (κ2) is 8.32. The van der Waals surface area contributed by atoms with Gasteiger partial charge in [0.2, 0.25) is 10.0 Å². The number of hydrogen-bond acceptors (Lipinski definition) is 5. The minimum Gasteiger partial charge on any atom is -0.347 e. The van der Waals surface area contributed by atoms with Crippen LogP contribution in [0, 0.1) is 5.92 Å². The summed E-state index contributed by atoms with van der Waals surface area (Å²) in [6, 6.07) is 14.0. The molecule has 1 unspecified atom stereocenters. The van der Waals surface area contributed by atoms with E-state index < -0.39 is 25.4 Å². The zero-order valence-corrected chi connectivity index (χ0v) is 21.5. The quantitative estimate of drug-likeness (QED) is 0.422. The molecule has 4 aromatic rings. The number of sulfonamides is 1. The van der Waals surface area contributed by atoms with E-state index in [1.54, 1.807) is 6.20 Å². The van der Waals surface area contributed by atoms with Crippen molar-refractivity contribution >= 4 is 30.8 Å². The maximum Gasteiger partial charge on any atom is 0.243 e. The largest absolute Gasteiger partial charge is 0.347 e. The van der Waals surface area contributed by atoms with Crippen molar-refractivity contribution in [2.75, 3.05) is 12.8 Å². The van der Waals surface area contributed by atoms with E-state index in [9.17, 15) is 16.8 Å². The van der Waals surface area contributed by atoms with Crippen LogP contribution in [0.2, 0.25) is 0 Å². The van der Waals surface area contributed by atoms with E-state index in [1.165, 1.54) is 28.6 Å². The fraction of sp³-hybridized carbons (Fsp3) is 0.320. The van der Waals surface area contributed by atoms with Crippen LogP contribution in [0.15, 0.2) is 76.9 Å². The molecule has 1 atom stereocenters. The molecule has 10 heteroatoms. The van der Waals surface area contributed by atoms with Gasteiger partial charge in [-0.25, -0.2) is 16.8 Å². The molecule has 1 aliphatic rings. The summed E-state index contributed by atoms with van der Waals surface area (Å²) >= 11 is 0. The molecule has 0 saturated carbocycles. The average Bonchev–Trinajstić information content (AvgIpc) is 3.52. The van der Waals surface area contributed by atoms with E-state index in [1.807, 2.05) is 26.2 Å². The van der Waals surface area contributed by atoms with E-state index in [0.29, 0.717) is 19.5 Å². The topological polar surface area (TPSA) is 105 Å². The molecule has 1 N–H and O–H groups in total. The van der Waals surface area contributed by atoms with Crippen LogP contribution >= 0.6 is 0 Å². The molecule has 5 rings (SSSR count). The Hall–Kier alpha value is -2.95. The molecular weight excluding hydrogens is 484 g/mol. The predicted octanol–water partition coefficient (Wildman–Crippen LogP) is 3.92. The van der Waals surface area contributed by atoms with Crippen molar-refractivity contribution in [2.24, 2.45) is 5.92 Å². The molecule has 3 heterocycles. The summed E-state index contributed by atoms with van der Waals surface area (Å²) in [5, 5.41) is 7.97. The Bertz CT molecular complexity index is 1600. The first-order chi connectivity index (χ1) is 16.4. The molecule has 1 saturated heterocycles. The predicted molar refractivity (Wildman–Crippen MR) is 135 cm³/mol. The van der Waals surface area contributed by atoms with Crippen molar-refractivity contribution < 1.29 is 16.8 Å². The summed E-state index contributed by atoms with van der Waals surface area (Å²) < 4.78 is 54.8. The first-order valence-corrected chi connectivity index (χ1v) is 14.7. The van der Waals surface area contributed by atoms with Gasteiger partial charge >= 0.3 is 0 Å². The number of aromatic nitrogens is 3. The van der Waals surface area contributed by atoms with E-state index >= 15 is 0 Å². The number of fused-ring (bicyclic) bond motifs is 1. The van der Waals surface area contributed by atoms with E-state index in [-0.39, 0.29) is 15.7 Å². The number of rotatable bonds is 6. The van der Waals surface area contributed by atoms with Crippen molar-refractivity contribution in [3.8, 4) is 11.1 Å². The molecule has 2 aromatic carbocycles. The molecule has 184 valence electrons. The number of H-pyrrole nitrogens is 1. The van der Waals surface area contributed by atoms with Crippen LogP contribution in [-0.4, -0.2) is 54.2 Å². The van der Waals surface area contributed by atoms with Gasteiger partial charge in [-0.2, -0.15) is 9.40 Å². The molecule has 1 fully saturated rings. The lowest BCUT2D eigenvalue weighted by Gasteiger charge is -2.30. The highest BCUT2D eigenvalue weighted by atomic mass is 32.2. The van der Waals surface area contributed by atoms with Gasteiger partial charge < -0.3 is 4.57 Å². The summed E-state index contributed by atoms with van der Waals surface area (Å²) in [5.74, 6) is 0.113. The van der Waals surface area contributed by atoms with Crippen LogP contribution in [0.3, 0.4) is 0 Å². The van der Waals surface area contributed by atoms with Crippen LogP contribution < -0.4 is 0 Å². The van der Waals surface area contributed by atoms with Crippen LogP contribution in [0.1, 0.15) is 20.3 Å². The zero-order valence-electron chi connectivity index (χ0n) is 19.8. The molecule has 35 heavy (non-hydrogen) atoms. The molecule has 0 aliphatic carbocycles. The van der Waals surface area contributed by atoms with Gasteiger partial charge in [-0.1, -0.05) is 12.1 Å². The van der Waals surface area contributed by atoms with Gasteiger partial charge in [0.15, 0.2) is 9.84 Å². The highest BCUT2D eigenvalue weighted by Gasteiger charge is 2.45. The molecule has 0 radical (unpaired) electrons. The number of nitrogens with zero attached hydrogens (tertiary/aromatic N) is 3. The Morgan fingerprint density at radius 2 is 1.80 bits per heavy atom. The summed E-state index contributed by atoms with van der Waals surface area (Å²) in [6.45, 7) is 4.91. The van der Waals surface area contributed by atoms with Gasteiger partial charge in [0.05, 0.1) is 16.0 Å². The second-order valence-corrected chi connectivity index (χ2v) is 13.8. The minimum absolute atomic E-state index is 0.000675. The minimum atomic E-state index is -3.86. The number of aromatic amines is 1. The van der Waals surface area contributed by atoms with Gasteiger partial charge in [-0.05, 0) is 68.1 Å². The number of nitrogens with one attached hydrogen (secondary N) is 1. The highest BCUT2D eigenvalue weighted by molar-refractivity contribution is 7.91. The van der Waals surface area contributed by atoms with Crippen LogP contribution in [0.5, 0.6) is 0 Å². The lowest BCUT2D eigenvalue weighted by molar-refractivity contribution is 0.291. The maximum atomic E-state index is 13.6. The Balaban J connectivity index is 1.40. The summed E-state index contributed by atoms with van der Waals surface area (Å²) in [6.07, 6.45) is 7.47. The van der Waals surface area contributed by atoms with Crippen LogP contribution in [-0.2, 0) is 26.4 Å². The molecular formula is C25H28N4O4S2. The standard InChI is InChI=1S/C25H28N4O4S2/c1-25(2)13-18(17-29(25)35(32,33)23-6-4-5-22(12-23)34(3,30)31)16-28-10-9-20-11-19(7-8-24(20)28)21-14-26-27-15-21/h4-12,14-15,18H,13,16-17H2,1-3H3,(H,26,27). The van der Waals surface area contributed by atoms with Gasteiger partial charge in [0, 0.05) is 53.7 Å². The van der Waals surface area contributed by atoms with Crippen molar-refractivity contribution in [2.45, 2.75) is 42.1 Å². The normalized spacial score (nSPS) is 18.9. The Labute approximate surface area is 205 Å². The SMILES string of the molecule is CC1(C)CC(Cn2ccc3cc(-c4cn[nH]c4)ccc32)CN1S(=O)(=O)c1cccc(S(C)(=O)=O)c1. The van der Waals surface area contributed by atoms with Gasteiger partial charge in [-0.3, -0.25) is 5.10 Å². The van der Waals surface area contributed by atoms with Crippen molar-refractivity contribution in [1.82, 2.24) is 19.1 Å². The van der Waals surface area contributed by atoms with Crippen LogP contribution in [0.25, 0.3) is 22.0 Å². The molecule has 8 nitrogen and oxygen atoms in total. The monoisotopic (exact) mass is 512 g/mol. The van der Waals surface area contributed by atoms with Gasteiger partial charge in [-0.15, -0.1) is 0 Å². The summed E-state index contributed by atoms with van der Waals surface area (Å²) in [4.78, 5) is 0.00747. The third-order valence-corrected chi connectivity index (χ3v) is 9.95. The zero-order chi connectivity index (χ0) is 25.0. The maximum absolute atomic E-state index is 13.6. The first kappa shape index (κ1) is 23.8. The van der Waals surface area contributed by atoms with Gasteiger partial charge in [0.1, 0.15) is 0 Å². The van der Waals surface area contributed by atoms with E-state index in [4.69, 9.17) is 0 Å². The second-order valence-electron chi connectivity index (χ2n) is 9.89. The Morgan fingerprint density at radius 3 is 2.51 bits per heavy atom. The summed E-state index contributed by atoms with van der Waals surface area (Å²) in [5.41, 5.74) is 2.61. The van der Waals surface area contributed by atoms with E-state index in [2.05, 4.69) is 39.0 Å². The number of sulfone groups is 1. The van der Waals surface area contributed by atoms with Crippen LogP contribution in [0.4, 0.5) is 0 Å². The van der Waals surface area contributed by atoms with Crippen molar-refractivity contribution in [3.05, 3.63) is 67.1 Å². The molecule has 0 amide bonds. The van der Waals surface area contributed by atoms with Gasteiger partial charge in [0.25, 0.3) is 0 Å². The fourth-order valence-corrected chi connectivity index (χ4v) is 7.77. The lowest BCUT2D eigenvalue weighted by atomic mass is 9.97. The Morgan fingerprint density at radius 1 is 1.03 bits per heavy atom. The number of hydrogen-bond donors (Lipinski definition) is 1. The molecule has 1 aliphatic heterocycles. The van der Waals surface area contributed by atoms with Crippen molar-refractivity contribution in [3.63, 3.8) is 0 Å². The average molecular weight is 513 g/mol. The first-order valence-electron chi connectivity index (χ1n) is 11.4. The molecule has 2 aromatic heterocycles. The molecule has 0 bridgehead atoms. The van der Waals surface area contributed by atoms with E-state index in [0.717, 1.165) is 28.3 Å². The summed E-state index contributed by atoms with van der Waals surface area (Å²) in [7, 11) is -7.38. The highest BCUT2D eigenvalue weighted by Crippen LogP contribution is 2.39. The third kappa shape index (κ3) is 4.41. The smallest absolute Gasteiger partial charge is 0.243 e. The number of benzene rings is 2. The third-order valence-electron chi connectivity index (χ3n) is 6.77. The fourth-order valence-electron chi connectivity index (χ4n) is 5.12. The molecule has 0 spiro atoms. The van der Waals surface area contributed by atoms with Crippen molar-refractivity contribution in [1.29, 1.82) is 0 Å².